The third-order valence-electron chi connectivity index (χ3n) is 12.4. The van der Waals surface area contributed by atoms with Crippen LogP contribution in [0.3, 0.4) is 0 Å². The first kappa shape index (κ1) is 22.3. The summed E-state index contributed by atoms with van der Waals surface area (Å²) in [7, 11) is 0. The molecule has 1 aliphatic heterocycles. The number of rotatable bonds is 2. The monoisotopic (exact) mass is 446 g/mol. The summed E-state index contributed by atoms with van der Waals surface area (Å²) >= 11 is 0. The molecule has 6 fully saturated rings. The van der Waals surface area contributed by atoms with Gasteiger partial charge in [-0.05, 0) is 117 Å². The molecule has 0 radical (unpaired) electrons. The normalized spacial score (nSPS) is 58.1. The molecule has 0 aromatic rings. The van der Waals surface area contributed by atoms with E-state index < -0.39 is 5.60 Å². The van der Waals surface area contributed by atoms with Crippen LogP contribution in [0.25, 0.3) is 0 Å². The highest BCUT2D eigenvalue weighted by Gasteiger charge is 2.81. The maximum absolute atomic E-state index is 11.8. The van der Waals surface area contributed by atoms with Crippen molar-refractivity contribution in [3.8, 4) is 0 Å². The maximum Gasteiger partial charge on any atom is 0.0874 e. The Morgan fingerprint density at radius 1 is 0.875 bits per heavy atom. The van der Waals surface area contributed by atoms with Crippen molar-refractivity contribution in [2.45, 2.75) is 129 Å². The van der Waals surface area contributed by atoms with Gasteiger partial charge in [-0.15, -0.1) is 0 Å². The zero-order chi connectivity index (χ0) is 22.9. The highest BCUT2D eigenvalue weighted by molar-refractivity contribution is 5.30. The molecule has 6 aliphatic rings. The van der Waals surface area contributed by atoms with Crippen molar-refractivity contribution in [1.29, 1.82) is 0 Å². The zero-order valence-electron chi connectivity index (χ0n) is 20.9. The van der Waals surface area contributed by atoms with Gasteiger partial charge in [0.2, 0.25) is 0 Å². The molecule has 1 saturated heterocycles. The van der Waals surface area contributed by atoms with E-state index in [-0.39, 0.29) is 35.2 Å². The van der Waals surface area contributed by atoms with E-state index in [1.165, 1.54) is 38.5 Å². The molecule has 11 atom stereocenters. The van der Waals surface area contributed by atoms with Crippen molar-refractivity contribution in [1.82, 2.24) is 0 Å². The molecule has 2 spiro atoms. The fourth-order valence-corrected chi connectivity index (χ4v) is 11.1. The second-order valence-corrected chi connectivity index (χ2v) is 14.5. The molecule has 0 bridgehead atoms. The molecule has 5 aliphatic carbocycles. The van der Waals surface area contributed by atoms with Gasteiger partial charge in [-0.2, -0.15) is 0 Å². The number of hydrogen-bond donors (Lipinski definition) is 3. The molecule has 0 aromatic heterocycles. The lowest BCUT2D eigenvalue weighted by molar-refractivity contribution is -0.144. The van der Waals surface area contributed by atoms with E-state index in [0.29, 0.717) is 40.9 Å². The van der Waals surface area contributed by atoms with Gasteiger partial charge in [0.05, 0.1) is 30.0 Å². The van der Waals surface area contributed by atoms with Gasteiger partial charge in [0.1, 0.15) is 0 Å². The van der Waals surface area contributed by atoms with Crippen LogP contribution >= 0.6 is 0 Å². The molecule has 4 heteroatoms. The van der Waals surface area contributed by atoms with Crippen molar-refractivity contribution in [3.63, 3.8) is 0 Å². The summed E-state index contributed by atoms with van der Waals surface area (Å²) in [5.41, 5.74) is 0.290. The van der Waals surface area contributed by atoms with Gasteiger partial charge < -0.3 is 20.1 Å². The number of fused-ring (bicyclic) bond motifs is 4. The lowest BCUT2D eigenvalue weighted by atomic mass is 9.46. The standard InChI is InChI=1S/C28H46O4/c1-24(2,31)14-16-6-7-18-23(32-16)22(30)21-17-8-9-19-25(3,4)20(29)10-11-28(19)15-27(17,28)13-12-26(18,21)5/h16-23,29-31H,6-15H2,1-5H3. The molecule has 4 nitrogen and oxygen atoms in total. The molecule has 3 N–H and O–H groups in total. The summed E-state index contributed by atoms with van der Waals surface area (Å²) in [4.78, 5) is 0. The topological polar surface area (TPSA) is 69.9 Å². The highest BCUT2D eigenvalue weighted by atomic mass is 16.5. The van der Waals surface area contributed by atoms with Crippen molar-refractivity contribution in [2.75, 3.05) is 0 Å². The average Bonchev–Trinajstić information content (AvgIpc) is 3.31. The van der Waals surface area contributed by atoms with Gasteiger partial charge in [0.25, 0.3) is 0 Å². The Morgan fingerprint density at radius 2 is 1.59 bits per heavy atom. The molecular weight excluding hydrogens is 400 g/mol. The van der Waals surface area contributed by atoms with Crippen LogP contribution in [0.15, 0.2) is 0 Å². The molecule has 11 unspecified atom stereocenters. The minimum Gasteiger partial charge on any atom is -0.393 e. The third-order valence-corrected chi connectivity index (χ3v) is 12.4. The second-order valence-electron chi connectivity index (χ2n) is 14.5. The smallest absolute Gasteiger partial charge is 0.0874 e. The zero-order valence-corrected chi connectivity index (χ0v) is 20.9. The second kappa shape index (κ2) is 6.53. The number of aliphatic hydroxyl groups is 3. The third kappa shape index (κ3) is 2.65. The summed E-state index contributed by atoms with van der Waals surface area (Å²) in [5.74, 6) is 2.05. The lowest BCUT2D eigenvalue weighted by Crippen LogP contribution is -2.55. The van der Waals surface area contributed by atoms with Crippen molar-refractivity contribution in [2.24, 2.45) is 45.3 Å². The molecule has 32 heavy (non-hydrogen) atoms. The Balaban J connectivity index is 1.29. The van der Waals surface area contributed by atoms with E-state index >= 15 is 0 Å². The number of aliphatic hydroxyl groups excluding tert-OH is 2. The summed E-state index contributed by atoms with van der Waals surface area (Å²) in [6.07, 6.45) is 10.7. The minimum atomic E-state index is -0.723. The average molecular weight is 447 g/mol. The van der Waals surface area contributed by atoms with Gasteiger partial charge in [-0.25, -0.2) is 0 Å². The van der Waals surface area contributed by atoms with E-state index in [9.17, 15) is 15.3 Å². The first-order chi connectivity index (χ1) is 14.9. The Morgan fingerprint density at radius 3 is 2.31 bits per heavy atom. The van der Waals surface area contributed by atoms with E-state index in [1.807, 2.05) is 13.8 Å². The largest absolute Gasteiger partial charge is 0.393 e. The van der Waals surface area contributed by atoms with Gasteiger partial charge in [0.15, 0.2) is 0 Å². The van der Waals surface area contributed by atoms with Gasteiger partial charge in [-0.3, -0.25) is 0 Å². The van der Waals surface area contributed by atoms with E-state index in [2.05, 4.69) is 20.8 Å². The maximum atomic E-state index is 11.8. The first-order valence-electron chi connectivity index (χ1n) is 13.6. The summed E-state index contributed by atoms with van der Waals surface area (Å²) in [5, 5.41) is 32.9. The quantitative estimate of drug-likeness (QED) is 0.576. The van der Waals surface area contributed by atoms with Crippen molar-refractivity contribution in [3.05, 3.63) is 0 Å². The van der Waals surface area contributed by atoms with Crippen LogP contribution in [-0.4, -0.2) is 45.3 Å². The van der Waals surface area contributed by atoms with Crippen molar-refractivity contribution < 1.29 is 20.1 Å². The Kier molecular flexibility index (Phi) is 4.55. The lowest BCUT2D eigenvalue weighted by Gasteiger charge is -2.59. The number of ether oxygens (including phenoxy) is 1. The van der Waals surface area contributed by atoms with Gasteiger partial charge in [0, 0.05) is 6.42 Å². The molecule has 1 heterocycles. The van der Waals surface area contributed by atoms with Crippen LogP contribution in [0.1, 0.15) is 98.8 Å². The summed E-state index contributed by atoms with van der Waals surface area (Å²) in [6, 6.07) is 0. The molecular formula is C28H46O4. The molecule has 0 amide bonds. The van der Waals surface area contributed by atoms with Crippen molar-refractivity contribution >= 4 is 0 Å². The van der Waals surface area contributed by atoms with E-state index in [0.717, 1.165) is 19.3 Å². The predicted octanol–water partition coefficient (Wildman–Crippen LogP) is 4.69. The van der Waals surface area contributed by atoms with E-state index in [4.69, 9.17) is 4.74 Å². The highest BCUT2D eigenvalue weighted by Crippen LogP contribution is 2.87. The molecule has 6 rings (SSSR count). The minimum absolute atomic E-state index is 0.0170. The van der Waals surface area contributed by atoms with Crippen LogP contribution in [0.2, 0.25) is 0 Å². The summed E-state index contributed by atoms with van der Waals surface area (Å²) in [6.45, 7) is 10.8. The predicted molar refractivity (Wildman–Crippen MR) is 124 cm³/mol. The number of hydrogen-bond acceptors (Lipinski definition) is 4. The summed E-state index contributed by atoms with van der Waals surface area (Å²) < 4.78 is 6.59. The molecule has 0 aromatic carbocycles. The Hall–Kier alpha value is -0.160. The van der Waals surface area contributed by atoms with Crippen LogP contribution in [0.4, 0.5) is 0 Å². The first-order valence-corrected chi connectivity index (χ1v) is 13.6. The molecule has 182 valence electrons. The fourth-order valence-electron chi connectivity index (χ4n) is 11.1. The van der Waals surface area contributed by atoms with Crippen LogP contribution in [-0.2, 0) is 4.74 Å². The van der Waals surface area contributed by atoms with Gasteiger partial charge >= 0.3 is 0 Å². The Labute approximate surface area is 194 Å². The van der Waals surface area contributed by atoms with Gasteiger partial charge in [-0.1, -0.05) is 20.8 Å². The van der Waals surface area contributed by atoms with Crippen LogP contribution in [0.5, 0.6) is 0 Å². The Bertz CT molecular complexity index is 787. The van der Waals surface area contributed by atoms with Crippen LogP contribution < -0.4 is 0 Å². The molecule has 5 saturated carbocycles. The SMILES string of the molecule is CC(C)(O)CC1CCC2C(O1)C(O)C1C3CCC4C(C)(C)C(O)CCC45CC35CCC21C. The van der Waals surface area contributed by atoms with Crippen LogP contribution in [0, 0.1) is 45.3 Å². The fraction of sp³-hybridized carbons (Fsp3) is 1.00. The van der Waals surface area contributed by atoms with E-state index in [1.54, 1.807) is 0 Å².